The SMILES string of the molecule is CN(C)S(=O)(=O)N1C[C@@H]2CC[C@H](C1)N(C(=O)c1ccc3occc3c1)C2. The number of rotatable bonds is 3. The highest BCUT2D eigenvalue weighted by Gasteiger charge is 2.41. The van der Waals surface area contributed by atoms with Crippen LogP contribution in [0.15, 0.2) is 34.9 Å². The number of carbonyl (C=O) groups excluding carboxylic acids is 1. The van der Waals surface area contributed by atoms with Gasteiger partial charge in [-0.25, -0.2) is 0 Å². The number of furan rings is 1. The number of hydrogen-bond donors (Lipinski definition) is 0. The van der Waals surface area contributed by atoms with Crippen molar-refractivity contribution in [3.05, 3.63) is 36.1 Å². The maximum atomic E-state index is 13.1. The van der Waals surface area contributed by atoms with E-state index in [1.165, 1.54) is 8.61 Å². The minimum absolute atomic E-state index is 0.0353. The second kappa shape index (κ2) is 6.37. The van der Waals surface area contributed by atoms with E-state index < -0.39 is 10.2 Å². The second-order valence-corrected chi connectivity index (χ2v) is 9.48. The number of nitrogens with zero attached hydrogens (tertiary/aromatic N) is 3. The molecule has 3 saturated heterocycles. The van der Waals surface area contributed by atoms with Gasteiger partial charge < -0.3 is 9.32 Å². The van der Waals surface area contributed by atoms with Crippen LogP contribution >= 0.6 is 0 Å². The van der Waals surface area contributed by atoms with Crippen LogP contribution in [0.2, 0.25) is 0 Å². The molecule has 140 valence electrons. The molecule has 2 bridgehead atoms. The summed E-state index contributed by atoms with van der Waals surface area (Å²) in [7, 11) is -0.374. The van der Waals surface area contributed by atoms with Gasteiger partial charge in [-0.1, -0.05) is 0 Å². The van der Waals surface area contributed by atoms with Gasteiger partial charge in [0.15, 0.2) is 0 Å². The van der Waals surface area contributed by atoms with Crippen molar-refractivity contribution in [3.8, 4) is 0 Å². The topological polar surface area (TPSA) is 74.1 Å². The van der Waals surface area contributed by atoms with Gasteiger partial charge in [0.1, 0.15) is 5.58 Å². The van der Waals surface area contributed by atoms with Crippen molar-refractivity contribution in [3.63, 3.8) is 0 Å². The standard InChI is InChI=1S/C18H23N3O4S/c1-19(2)26(23,24)20-10-13-3-5-16(12-20)21(11-13)18(22)15-4-6-17-14(9-15)7-8-25-17/h4,6-9,13,16H,3,5,10-12H2,1-2H3/t13-,16+/m0/s1. The molecule has 4 heterocycles. The van der Waals surface area contributed by atoms with Crippen molar-refractivity contribution < 1.29 is 17.6 Å². The summed E-state index contributed by atoms with van der Waals surface area (Å²) < 4.78 is 33.2. The van der Waals surface area contributed by atoms with Gasteiger partial charge in [-0.15, -0.1) is 0 Å². The molecule has 2 atom stereocenters. The summed E-state index contributed by atoms with van der Waals surface area (Å²) in [6, 6.07) is 7.18. The van der Waals surface area contributed by atoms with Crippen molar-refractivity contribution >= 4 is 27.1 Å². The molecule has 1 aromatic heterocycles. The van der Waals surface area contributed by atoms with Crippen LogP contribution in [0, 0.1) is 5.92 Å². The summed E-state index contributed by atoms with van der Waals surface area (Å²) in [5.41, 5.74) is 1.37. The molecule has 0 unspecified atom stereocenters. The first kappa shape index (κ1) is 17.5. The van der Waals surface area contributed by atoms with Gasteiger partial charge in [0, 0.05) is 50.7 Å². The predicted octanol–water partition coefficient (Wildman–Crippen LogP) is 1.78. The van der Waals surface area contributed by atoms with Crippen molar-refractivity contribution in [2.45, 2.75) is 18.9 Å². The van der Waals surface area contributed by atoms with E-state index in [0.717, 1.165) is 23.8 Å². The Hall–Kier alpha value is -1.90. The smallest absolute Gasteiger partial charge is 0.281 e. The Bertz CT molecular complexity index is 937. The molecule has 5 rings (SSSR count). The van der Waals surface area contributed by atoms with Crippen molar-refractivity contribution in [2.75, 3.05) is 33.7 Å². The maximum Gasteiger partial charge on any atom is 0.281 e. The molecule has 1 aromatic carbocycles. The Morgan fingerprint density at radius 1 is 1.15 bits per heavy atom. The number of amides is 1. The third kappa shape index (κ3) is 2.91. The molecule has 7 nitrogen and oxygen atoms in total. The average molecular weight is 377 g/mol. The van der Waals surface area contributed by atoms with Crippen molar-refractivity contribution in [2.24, 2.45) is 5.92 Å². The largest absolute Gasteiger partial charge is 0.464 e. The lowest BCUT2D eigenvalue weighted by Crippen LogP contribution is -2.48. The van der Waals surface area contributed by atoms with E-state index in [0.29, 0.717) is 25.2 Å². The molecule has 0 spiro atoms. The summed E-state index contributed by atoms with van der Waals surface area (Å²) in [6.45, 7) is 1.44. The molecule has 3 aliphatic rings. The van der Waals surface area contributed by atoms with Crippen LogP contribution in [0.5, 0.6) is 0 Å². The molecular weight excluding hydrogens is 354 g/mol. The van der Waals surface area contributed by atoms with Gasteiger partial charge >= 0.3 is 0 Å². The molecule has 0 radical (unpaired) electrons. The van der Waals surface area contributed by atoms with Crippen LogP contribution in [0.3, 0.4) is 0 Å². The molecule has 2 aromatic rings. The van der Waals surface area contributed by atoms with Crippen LogP contribution in [0.4, 0.5) is 0 Å². The molecular formula is C18H23N3O4S. The van der Waals surface area contributed by atoms with Crippen LogP contribution < -0.4 is 0 Å². The fourth-order valence-corrected chi connectivity index (χ4v) is 5.19. The fourth-order valence-electron chi connectivity index (χ4n) is 3.97. The first-order valence-corrected chi connectivity index (χ1v) is 10.2. The van der Waals surface area contributed by atoms with Gasteiger partial charge in [0.25, 0.3) is 16.1 Å². The summed E-state index contributed by atoms with van der Waals surface area (Å²) in [5.74, 6) is 0.136. The number of carbonyl (C=O) groups is 1. The van der Waals surface area contributed by atoms with E-state index in [1.54, 1.807) is 32.5 Å². The van der Waals surface area contributed by atoms with Gasteiger partial charge in [-0.2, -0.15) is 17.0 Å². The molecule has 8 heteroatoms. The van der Waals surface area contributed by atoms with Gasteiger partial charge in [-0.3, -0.25) is 4.79 Å². The summed E-state index contributed by atoms with van der Waals surface area (Å²) in [4.78, 5) is 15.0. The highest BCUT2D eigenvalue weighted by Crippen LogP contribution is 2.31. The molecule has 3 fully saturated rings. The Morgan fingerprint density at radius 2 is 1.96 bits per heavy atom. The molecule has 0 saturated carbocycles. The fraction of sp³-hybridized carbons (Fsp3) is 0.500. The van der Waals surface area contributed by atoms with Crippen LogP contribution in [0.1, 0.15) is 23.2 Å². The van der Waals surface area contributed by atoms with E-state index >= 15 is 0 Å². The third-order valence-electron chi connectivity index (χ3n) is 5.43. The lowest BCUT2D eigenvalue weighted by molar-refractivity contribution is 0.0588. The summed E-state index contributed by atoms with van der Waals surface area (Å²) in [5, 5.41) is 0.896. The van der Waals surface area contributed by atoms with Crippen LogP contribution in [0.25, 0.3) is 11.0 Å². The van der Waals surface area contributed by atoms with Gasteiger partial charge in [0.05, 0.1) is 6.26 Å². The Labute approximate surface area is 153 Å². The molecule has 26 heavy (non-hydrogen) atoms. The van der Waals surface area contributed by atoms with E-state index in [4.69, 9.17) is 4.42 Å². The van der Waals surface area contributed by atoms with Crippen LogP contribution in [-0.2, 0) is 10.2 Å². The lowest BCUT2D eigenvalue weighted by Gasteiger charge is -2.36. The normalized spacial score (nSPS) is 24.3. The zero-order valence-electron chi connectivity index (χ0n) is 15.0. The van der Waals surface area contributed by atoms with E-state index in [2.05, 4.69) is 0 Å². The van der Waals surface area contributed by atoms with Gasteiger partial charge in [0.2, 0.25) is 0 Å². The Kier molecular flexibility index (Phi) is 4.29. The molecule has 0 N–H and O–H groups in total. The number of hydrogen-bond acceptors (Lipinski definition) is 4. The Balaban J connectivity index is 1.61. The monoisotopic (exact) mass is 377 g/mol. The third-order valence-corrected chi connectivity index (χ3v) is 7.30. The highest BCUT2D eigenvalue weighted by molar-refractivity contribution is 7.86. The zero-order chi connectivity index (χ0) is 18.5. The van der Waals surface area contributed by atoms with E-state index in [1.807, 2.05) is 17.0 Å². The number of piperidine rings is 1. The zero-order valence-corrected chi connectivity index (χ0v) is 15.8. The minimum Gasteiger partial charge on any atom is -0.464 e. The number of benzene rings is 1. The molecule has 0 aliphatic carbocycles. The van der Waals surface area contributed by atoms with E-state index in [9.17, 15) is 13.2 Å². The highest BCUT2D eigenvalue weighted by atomic mass is 32.2. The summed E-state index contributed by atoms with van der Waals surface area (Å²) >= 11 is 0. The van der Waals surface area contributed by atoms with Crippen molar-refractivity contribution in [1.82, 2.24) is 13.5 Å². The van der Waals surface area contributed by atoms with E-state index in [-0.39, 0.29) is 17.9 Å². The maximum absolute atomic E-state index is 13.1. The summed E-state index contributed by atoms with van der Waals surface area (Å²) in [6.07, 6.45) is 3.40. The molecule has 1 amide bonds. The first-order chi connectivity index (χ1) is 12.4. The molecule has 3 aliphatic heterocycles. The second-order valence-electron chi connectivity index (χ2n) is 7.34. The van der Waals surface area contributed by atoms with Gasteiger partial charge in [-0.05, 0) is 43.0 Å². The number of fused-ring (bicyclic) bond motifs is 5. The lowest BCUT2D eigenvalue weighted by atomic mass is 9.94. The van der Waals surface area contributed by atoms with Crippen LogP contribution in [-0.4, -0.2) is 67.6 Å². The Morgan fingerprint density at radius 3 is 2.73 bits per heavy atom. The predicted molar refractivity (Wildman–Crippen MR) is 97.9 cm³/mol. The minimum atomic E-state index is -3.47. The quantitative estimate of drug-likeness (QED) is 0.817. The average Bonchev–Trinajstić information content (AvgIpc) is 2.88. The van der Waals surface area contributed by atoms with Crippen molar-refractivity contribution in [1.29, 1.82) is 0 Å². The first-order valence-electron chi connectivity index (χ1n) is 8.82.